The normalized spacial score (nSPS) is 24.8. The number of hydrogen-bond acceptors (Lipinski definition) is 7. The summed E-state index contributed by atoms with van der Waals surface area (Å²) in [5, 5.41) is 11.9. The lowest BCUT2D eigenvalue weighted by Crippen LogP contribution is -2.53. The van der Waals surface area contributed by atoms with Crippen LogP contribution in [0, 0.1) is 5.92 Å². The molecule has 2 aliphatic heterocycles. The van der Waals surface area contributed by atoms with Gasteiger partial charge in [0.15, 0.2) is 6.23 Å². The molecule has 30 heavy (non-hydrogen) atoms. The molecule has 0 spiro atoms. The van der Waals surface area contributed by atoms with Crippen molar-refractivity contribution in [2.75, 3.05) is 33.3 Å². The van der Waals surface area contributed by atoms with Crippen molar-refractivity contribution < 1.29 is 32.6 Å². The topological polar surface area (TPSA) is 125 Å². The lowest BCUT2D eigenvalue weighted by atomic mass is 9.92. The number of amides is 1. The second kappa shape index (κ2) is 9.19. The number of hydrogen-bond donors (Lipinski definition) is 2. The molecule has 2 heterocycles. The van der Waals surface area contributed by atoms with E-state index in [1.165, 1.54) is 31.4 Å². The first-order valence-corrected chi connectivity index (χ1v) is 11.3. The molecule has 10 nitrogen and oxygen atoms in total. The number of benzene rings is 1. The molecule has 0 aliphatic carbocycles. The minimum Gasteiger partial charge on any atom is -0.497 e. The number of rotatable bonds is 7. The molecule has 3 atom stereocenters. The van der Waals surface area contributed by atoms with E-state index in [4.69, 9.17) is 14.6 Å². The molecule has 166 valence electrons. The minimum atomic E-state index is -4.03. The number of nitrogens with zero attached hydrogens (tertiary/aromatic N) is 2. The van der Waals surface area contributed by atoms with Crippen LogP contribution in [0.25, 0.3) is 0 Å². The van der Waals surface area contributed by atoms with Crippen molar-refractivity contribution >= 4 is 22.1 Å². The van der Waals surface area contributed by atoms with Crippen LogP contribution < -0.4 is 10.1 Å². The van der Waals surface area contributed by atoms with E-state index in [1.54, 1.807) is 0 Å². The Labute approximate surface area is 175 Å². The van der Waals surface area contributed by atoms with Gasteiger partial charge >= 0.3 is 6.16 Å². The molecule has 0 aromatic heterocycles. The highest BCUT2D eigenvalue weighted by atomic mass is 32.2. The van der Waals surface area contributed by atoms with Crippen molar-refractivity contribution in [1.29, 1.82) is 0 Å². The zero-order valence-electron chi connectivity index (χ0n) is 17.0. The summed E-state index contributed by atoms with van der Waals surface area (Å²) in [6, 6.07) is 5.44. The van der Waals surface area contributed by atoms with Crippen LogP contribution in [0.2, 0.25) is 0 Å². The molecular formula is C19H27N3O7S. The molecule has 1 amide bonds. The monoisotopic (exact) mass is 441 g/mol. The molecule has 0 saturated carbocycles. The Hall–Kier alpha value is -2.37. The largest absolute Gasteiger partial charge is 0.507 e. The Bertz CT molecular complexity index is 875. The minimum absolute atomic E-state index is 0.0313. The van der Waals surface area contributed by atoms with Crippen LogP contribution in [-0.4, -0.2) is 80.4 Å². The SMILES string of the molecule is CCNC(=O)CN1CC[C@H]2C[C@H](OC(=O)O)N(S(=O)(=O)c3ccc(OC)cc3)[C@H]2C1. The smallest absolute Gasteiger partial charge is 0.497 e. The van der Waals surface area contributed by atoms with Crippen molar-refractivity contribution in [3.63, 3.8) is 0 Å². The molecule has 2 saturated heterocycles. The van der Waals surface area contributed by atoms with Gasteiger partial charge in [-0.3, -0.25) is 9.69 Å². The second-order valence-corrected chi connectivity index (χ2v) is 9.23. The van der Waals surface area contributed by atoms with Gasteiger partial charge in [0.1, 0.15) is 5.75 Å². The van der Waals surface area contributed by atoms with Crippen LogP contribution in [0.5, 0.6) is 5.75 Å². The first-order chi connectivity index (χ1) is 14.3. The Morgan fingerprint density at radius 1 is 1.27 bits per heavy atom. The lowest BCUT2D eigenvalue weighted by molar-refractivity contribution is -0.122. The van der Waals surface area contributed by atoms with Gasteiger partial charge in [0, 0.05) is 25.6 Å². The van der Waals surface area contributed by atoms with E-state index < -0.39 is 28.4 Å². The Kier molecular flexibility index (Phi) is 6.84. The molecule has 0 unspecified atom stereocenters. The summed E-state index contributed by atoms with van der Waals surface area (Å²) in [5.41, 5.74) is 0. The summed E-state index contributed by atoms with van der Waals surface area (Å²) in [4.78, 5) is 25.1. The van der Waals surface area contributed by atoms with Gasteiger partial charge in [-0.15, -0.1) is 0 Å². The highest BCUT2D eigenvalue weighted by Crippen LogP contribution is 2.40. The fourth-order valence-corrected chi connectivity index (χ4v) is 5.96. The summed E-state index contributed by atoms with van der Waals surface area (Å²) < 4.78 is 38.1. The number of piperidine rings is 1. The Morgan fingerprint density at radius 3 is 2.57 bits per heavy atom. The maximum absolute atomic E-state index is 13.4. The molecular weight excluding hydrogens is 414 g/mol. The fourth-order valence-electron chi connectivity index (χ4n) is 4.20. The predicted octanol–water partition coefficient (Wildman–Crippen LogP) is 0.937. The summed E-state index contributed by atoms with van der Waals surface area (Å²) in [7, 11) is -2.55. The summed E-state index contributed by atoms with van der Waals surface area (Å²) in [5.74, 6) is 0.335. The number of likely N-dealkylation sites (N-methyl/N-ethyl adjacent to an activating group) is 1. The van der Waals surface area contributed by atoms with E-state index in [9.17, 15) is 18.0 Å². The third-order valence-electron chi connectivity index (χ3n) is 5.53. The zero-order chi connectivity index (χ0) is 21.9. The number of carboxylic acid groups (broad SMARTS) is 1. The van der Waals surface area contributed by atoms with E-state index in [2.05, 4.69) is 5.32 Å². The molecule has 0 radical (unpaired) electrons. The van der Waals surface area contributed by atoms with Crippen LogP contribution >= 0.6 is 0 Å². The highest BCUT2D eigenvalue weighted by Gasteiger charge is 2.51. The van der Waals surface area contributed by atoms with Gasteiger partial charge in [-0.2, -0.15) is 4.31 Å². The number of ether oxygens (including phenoxy) is 2. The van der Waals surface area contributed by atoms with Gasteiger partial charge in [-0.05, 0) is 50.1 Å². The van der Waals surface area contributed by atoms with Gasteiger partial charge < -0.3 is 19.9 Å². The van der Waals surface area contributed by atoms with Crippen molar-refractivity contribution in [1.82, 2.24) is 14.5 Å². The number of nitrogens with one attached hydrogen (secondary N) is 1. The summed E-state index contributed by atoms with van der Waals surface area (Å²) in [6.07, 6.45) is -1.68. The van der Waals surface area contributed by atoms with Crippen molar-refractivity contribution in [3.05, 3.63) is 24.3 Å². The van der Waals surface area contributed by atoms with E-state index in [-0.39, 0.29) is 23.3 Å². The summed E-state index contributed by atoms with van der Waals surface area (Å²) in [6.45, 7) is 3.48. The third kappa shape index (κ3) is 4.68. The zero-order valence-corrected chi connectivity index (χ0v) is 17.8. The molecule has 2 N–H and O–H groups in total. The number of carbonyl (C=O) groups excluding carboxylic acids is 1. The molecule has 1 aromatic carbocycles. The van der Waals surface area contributed by atoms with Crippen molar-refractivity contribution in [2.24, 2.45) is 5.92 Å². The average molecular weight is 442 g/mol. The molecule has 2 fully saturated rings. The van der Waals surface area contributed by atoms with E-state index in [0.717, 1.165) is 4.31 Å². The van der Waals surface area contributed by atoms with Crippen LogP contribution in [0.15, 0.2) is 29.2 Å². The lowest BCUT2D eigenvalue weighted by Gasteiger charge is -2.37. The number of sulfonamides is 1. The van der Waals surface area contributed by atoms with Crippen LogP contribution in [0.4, 0.5) is 4.79 Å². The van der Waals surface area contributed by atoms with Gasteiger partial charge in [0.05, 0.1) is 18.6 Å². The van der Waals surface area contributed by atoms with E-state index in [1.807, 2.05) is 11.8 Å². The van der Waals surface area contributed by atoms with Gasteiger partial charge in [-0.1, -0.05) is 0 Å². The first-order valence-electron chi connectivity index (χ1n) is 9.82. The number of likely N-dealkylation sites (tertiary alicyclic amines) is 1. The maximum Gasteiger partial charge on any atom is 0.507 e. The van der Waals surface area contributed by atoms with E-state index >= 15 is 0 Å². The number of carbonyl (C=O) groups is 2. The summed E-state index contributed by atoms with van der Waals surface area (Å²) >= 11 is 0. The molecule has 11 heteroatoms. The van der Waals surface area contributed by atoms with Gasteiger partial charge in [0.2, 0.25) is 15.9 Å². The average Bonchev–Trinajstić information content (AvgIpc) is 3.05. The van der Waals surface area contributed by atoms with Crippen LogP contribution in [-0.2, 0) is 19.6 Å². The number of fused-ring (bicyclic) bond motifs is 1. The van der Waals surface area contributed by atoms with Gasteiger partial charge in [0.25, 0.3) is 0 Å². The Balaban J connectivity index is 1.88. The van der Waals surface area contributed by atoms with E-state index in [0.29, 0.717) is 38.2 Å². The number of methoxy groups -OCH3 is 1. The van der Waals surface area contributed by atoms with Crippen LogP contribution in [0.3, 0.4) is 0 Å². The quantitative estimate of drug-likeness (QED) is 0.599. The standard InChI is InChI=1S/C19H27N3O7S/c1-3-20-17(23)12-21-9-8-13-10-18(29-19(24)25)22(16(13)11-21)30(26,27)15-6-4-14(28-2)5-7-15/h4-7,13,16,18H,3,8-12H2,1-2H3,(H,20,23)(H,24,25)/t13-,16-,18-/m0/s1. The van der Waals surface area contributed by atoms with Crippen molar-refractivity contribution in [2.45, 2.75) is 36.9 Å². The molecule has 3 rings (SSSR count). The molecule has 1 aromatic rings. The molecule has 2 aliphatic rings. The second-order valence-electron chi connectivity index (χ2n) is 7.39. The maximum atomic E-state index is 13.4. The third-order valence-corrected chi connectivity index (χ3v) is 7.46. The van der Waals surface area contributed by atoms with Crippen molar-refractivity contribution in [3.8, 4) is 5.75 Å². The first kappa shape index (κ1) is 22.3. The highest BCUT2D eigenvalue weighted by molar-refractivity contribution is 7.89. The molecule has 0 bridgehead atoms. The Morgan fingerprint density at radius 2 is 1.97 bits per heavy atom. The predicted molar refractivity (Wildman–Crippen MR) is 107 cm³/mol. The van der Waals surface area contributed by atoms with Crippen LogP contribution in [0.1, 0.15) is 19.8 Å². The fraction of sp³-hybridized carbons (Fsp3) is 0.579. The van der Waals surface area contributed by atoms with Gasteiger partial charge in [-0.25, -0.2) is 13.2 Å².